The number of ether oxygens (including phenoxy) is 1. The Morgan fingerprint density at radius 1 is 1.27 bits per heavy atom. The Morgan fingerprint density at radius 3 is 2.85 bits per heavy atom. The van der Waals surface area contributed by atoms with E-state index in [1.807, 2.05) is 36.9 Å². The summed E-state index contributed by atoms with van der Waals surface area (Å²) in [6.45, 7) is 6.89. The Labute approximate surface area is 193 Å². The van der Waals surface area contributed by atoms with E-state index in [-0.39, 0.29) is 17.6 Å². The molecular weight excluding hydrogens is 418 g/mol. The fraction of sp³-hybridized carbons (Fsp3) is 0.417. The number of nitrogens with one attached hydrogen (secondary N) is 1. The summed E-state index contributed by atoms with van der Waals surface area (Å²) in [4.78, 5) is 22.7. The van der Waals surface area contributed by atoms with Gasteiger partial charge in [-0.3, -0.25) is 9.67 Å². The van der Waals surface area contributed by atoms with Crippen LogP contribution in [0.2, 0.25) is 0 Å². The number of pyridine rings is 2. The topological polar surface area (TPSA) is 111 Å². The van der Waals surface area contributed by atoms with Gasteiger partial charge in [0.25, 0.3) is 0 Å². The second-order valence-electron chi connectivity index (χ2n) is 8.82. The van der Waals surface area contributed by atoms with Gasteiger partial charge in [0, 0.05) is 61.4 Å². The third kappa shape index (κ3) is 3.88. The molecule has 9 nitrogen and oxygen atoms in total. The molecule has 33 heavy (non-hydrogen) atoms. The molecule has 1 spiro atoms. The van der Waals surface area contributed by atoms with Crippen molar-refractivity contribution >= 4 is 11.8 Å². The molecule has 3 aromatic heterocycles. The van der Waals surface area contributed by atoms with Gasteiger partial charge in [-0.2, -0.15) is 5.10 Å². The number of rotatable bonds is 5. The number of anilines is 1. The normalized spacial score (nSPS) is 20.1. The van der Waals surface area contributed by atoms with Crippen molar-refractivity contribution in [2.45, 2.75) is 44.8 Å². The van der Waals surface area contributed by atoms with Gasteiger partial charge in [0.2, 0.25) is 0 Å². The van der Waals surface area contributed by atoms with Crippen molar-refractivity contribution in [3.63, 3.8) is 0 Å². The van der Waals surface area contributed by atoms with Gasteiger partial charge in [0.1, 0.15) is 6.10 Å². The van der Waals surface area contributed by atoms with E-state index in [2.05, 4.69) is 26.0 Å². The molecule has 3 N–H and O–H groups in total. The van der Waals surface area contributed by atoms with E-state index in [0.29, 0.717) is 18.1 Å². The van der Waals surface area contributed by atoms with Crippen LogP contribution < -0.4 is 15.8 Å². The van der Waals surface area contributed by atoms with Crippen LogP contribution in [0.15, 0.2) is 42.9 Å². The van der Waals surface area contributed by atoms with Crippen molar-refractivity contribution in [3.8, 4) is 17.0 Å². The van der Waals surface area contributed by atoms with Crippen LogP contribution in [0.5, 0.6) is 5.75 Å². The molecule has 172 valence electrons. The first kappa shape index (κ1) is 21.2. The lowest BCUT2D eigenvalue weighted by Gasteiger charge is -2.23. The van der Waals surface area contributed by atoms with E-state index < -0.39 is 0 Å². The summed E-state index contributed by atoms with van der Waals surface area (Å²) in [5.74, 6) is 0.874. The number of nitrogens with two attached hydrogens (primary N) is 1. The van der Waals surface area contributed by atoms with Crippen LogP contribution >= 0.6 is 0 Å². The number of aromatic nitrogens is 4. The molecule has 9 heteroatoms. The minimum atomic E-state index is -0.193. The predicted octanol–water partition coefficient (Wildman–Crippen LogP) is 3.14. The van der Waals surface area contributed by atoms with Crippen molar-refractivity contribution in [3.05, 3.63) is 54.1 Å². The number of aryl methyl sites for hydroxylation is 1. The van der Waals surface area contributed by atoms with Crippen molar-refractivity contribution < 1.29 is 9.53 Å². The van der Waals surface area contributed by atoms with Gasteiger partial charge in [-0.25, -0.2) is 9.78 Å². The molecule has 2 aliphatic heterocycles. The lowest BCUT2D eigenvalue weighted by atomic mass is 9.82. The lowest BCUT2D eigenvalue weighted by molar-refractivity contribution is 0.206. The summed E-state index contributed by atoms with van der Waals surface area (Å²) >= 11 is 0. The van der Waals surface area contributed by atoms with Crippen LogP contribution in [-0.2, 0) is 12.0 Å². The van der Waals surface area contributed by atoms with E-state index in [9.17, 15) is 4.79 Å². The van der Waals surface area contributed by atoms with E-state index >= 15 is 0 Å². The van der Waals surface area contributed by atoms with E-state index in [4.69, 9.17) is 15.6 Å². The number of fused-ring (bicyclic) bond motifs is 2. The molecule has 0 bridgehead atoms. The average Bonchev–Trinajstić information content (AvgIpc) is 3.53. The summed E-state index contributed by atoms with van der Waals surface area (Å²) < 4.78 is 8.20. The molecular formula is C24H29N7O2. The van der Waals surface area contributed by atoms with Gasteiger partial charge in [-0.15, -0.1) is 0 Å². The second kappa shape index (κ2) is 8.38. The largest absolute Gasteiger partial charge is 0.482 e. The third-order valence-electron chi connectivity index (χ3n) is 6.75. The number of nitrogen functional groups attached to an aromatic ring is 1. The van der Waals surface area contributed by atoms with Crippen LogP contribution in [0, 0.1) is 0 Å². The van der Waals surface area contributed by atoms with E-state index in [1.54, 1.807) is 18.6 Å². The SMILES string of the molecule is CCNC(=O)N1CCC2(CCn3nc(-c4cnc(N)c(OC(C)c5ccncc5)c4)cc32)C1. The molecule has 2 amide bonds. The van der Waals surface area contributed by atoms with Crippen LogP contribution in [0.1, 0.15) is 44.1 Å². The Morgan fingerprint density at radius 2 is 2.06 bits per heavy atom. The van der Waals surface area contributed by atoms with E-state index in [0.717, 1.165) is 49.3 Å². The Bertz CT molecular complexity index is 1160. The highest BCUT2D eigenvalue weighted by Gasteiger charge is 2.46. The maximum atomic E-state index is 12.3. The maximum absolute atomic E-state index is 12.3. The fourth-order valence-corrected chi connectivity index (χ4v) is 4.91. The van der Waals surface area contributed by atoms with Gasteiger partial charge in [0.05, 0.1) is 5.69 Å². The third-order valence-corrected chi connectivity index (χ3v) is 6.75. The number of nitrogens with zero attached hydrogens (tertiary/aromatic N) is 5. The number of hydrogen-bond donors (Lipinski definition) is 2. The minimum absolute atomic E-state index is 0.0143. The highest BCUT2D eigenvalue weighted by molar-refractivity contribution is 5.75. The Kier molecular flexibility index (Phi) is 5.39. The number of urea groups is 1. The van der Waals surface area contributed by atoms with Crippen LogP contribution in [0.3, 0.4) is 0 Å². The summed E-state index contributed by atoms with van der Waals surface area (Å²) in [5.41, 5.74) is 9.98. The van der Waals surface area contributed by atoms with Crippen LogP contribution in [0.25, 0.3) is 11.3 Å². The summed E-state index contributed by atoms with van der Waals surface area (Å²) in [6, 6.07) is 7.89. The number of carbonyl (C=O) groups excluding carboxylic acids is 1. The van der Waals surface area contributed by atoms with Crippen LogP contribution in [-0.4, -0.2) is 50.3 Å². The van der Waals surface area contributed by atoms with Crippen LogP contribution in [0.4, 0.5) is 10.6 Å². The molecule has 0 aromatic carbocycles. The van der Waals surface area contributed by atoms with Gasteiger partial charge in [-0.1, -0.05) is 0 Å². The molecule has 2 aliphatic rings. The standard InChI is InChI=1S/C24H29N7O2/c1-3-27-23(32)30-10-6-24(15-30)7-11-31-21(24)13-19(29-31)18-12-20(22(25)28-14-18)33-16(2)17-4-8-26-9-5-17/h4-5,8-9,12-14,16H,3,6-7,10-11,15H2,1-2H3,(H2,25,28)(H,27,32). The molecule has 0 aliphatic carbocycles. The first-order valence-electron chi connectivity index (χ1n) is 11.4. The Hall–Kier alpha value is -3.62. The van der Waals surface area contributed by atoms with Gasteiger partial charge in [-0.05, 0) is 56.5 Å². The molecule has 0 radical (unpaired) electrons. The van der Waals surface area contributed by atoms with E-state index in [1.165, 1.54) is 5.69 Å². The maximum Gasteiger partial charge on any atom is 0.317 e. The summed E-state index contributed by atoms with van der Waals surface area (Å²) in [7, 11) is 0. The van der Waals surface area contributed by atoms with Crippen molar-refractivity contribution in [1.82, 2.24) is 30.0 Å². The van der Waals surface area contributed by atoms with Crippen molar-refractivity contribution in [1.29, 1.82) is 0 Å². The smallest absolute Gasteiger partial charge is 0.317 e. The average molecular weight is 448 g/mol. The molecule has 2 unspecified atom stereocenters. The summed E-state index contributed by atoms with van der Waals surface area (Å²) in [5, 5.41) is 7.76. The Balaban J connectivity index is 1.38. The first-order valence-corrected chi connectivity index (χ1v) is 11.4. The second-order valence-corrected chi connectivity index (χ2v) is 8.82. The zero-order chi connectivity index (χ0) is 23.0. The monoisotopic (exact) mass is 447 g/mol. The molecule has 5 rings (SSSR count). The zero-order valence-electron chi connectivity index (χ0n) is 19.0. The molecule has 1 saturated heterocycles. The molecule has 1 fully saturated rings. The van der Waals surface area contributed by atoms with Gasteiger partial charge < -0.3 is 20.7 Å². The number of carbonyl (C=O) groups is 1. The number of likely N-dealkylation sites (tertiary alicyclic amines) is 1. The molecule has 2 atom stereocenters. The predicted molar refractivity (Wildman–Crippen MR) is 125 cm³/mol. The van der Waals surface area contributed by atoms with Gasteiger partial charge in [0.15, 0.2) is 11.6 Å². The van der Waals surface area contributed by atoms with Crippen molar-refractivity contribution in [2.24, 2.45) is 0 Å². The zero-order valence-corrected chi connectivity index (χ0v) is 19.0. The highest BCUT2D eigenvalue weighted by atomic mass is 16.5. The lowest BCUT2D eigenvalue weighted by Crippen LogP contribution is -2.40. The quantitative estimate of drug-likeness (QED) is 0.622. The summed E-state index contributed by atoms with van der Waals surface area (Å²) in [6.07, 6.45) is 6.98. The van der Waals surface area contributed by atoms with Crippen molar-refractivity contribution in [2.75, 3.05) is 25.4 Å². The number of amides is 2. The minimum Gasteiger partial charge on any atom is -0.482 e. The molecule has 5 heterocycles. The highest BCUT2D eigenvalue weighted by Crippen LogP contribution is 2.44. The van der Waals surface area contributed by atoms with Gasteiger partial charge >= 0.3 is 6.03 Å². The first-order chi connectivity index (χ1) is 16.0. The number of hydrogen-bond acceptors (Lipinski definition) is 6. The molecule has 3 aromatic rings. The molecule has 0 saturated carbocycles. The fourth-order valence-electron chi connectivity index (χ4n) is 4.91.